The summed E-state index contributed by atoms with van der Waals surface area (Å²) in [4.78, 5) is 0. The van der Waals surface area contributed by atoms with Gasteiger partial charge in [-0.1, -0.05) is 58.3 Å². The summed E-state index contributed by atoms with van der Waals surface area (Å²) in [6.45, 7) is 5.36. The second kappa shape index (κ2) is 12.0. The molecule has 1 rings (SSSR count). The normalized spacial score (nSPS) is 20.2. The molecule has 1 aliphatic heterocycles. The van der Waals surface area contributed by atoms with Crippen molar-refractivity contribution in [2.24, 2.45) is 0 Å². The number of nitrogens with one attached hydrogen (secondary N) is 1. The molecule has 1 saturated heterocycles. The Kier molecular flexibility index (Phi) is 10.6. The van der Waals surface area contributed by atoms with E-state index in [1.807, 2.05) is 0 Å². The lowest BCUT2D eigenvalue weighted by Crippen LogP contribution is -2.37. The maximum Gasteiger partial charge on any atom is 0.0619 e. The van der Waals surface area contributed by atoms with Gasteiger partial charge in [0.15, 0.2) is 0 Å². The molecular formula is C16H33NO. The minimum Gasteiger partial charge on any atom is -0.380 e. The molecular weight excluding hydrogens is 222 g/mol. The summed E-state index contributed by atoms with van der Waals surface area (Å²) in [6, 6.07) is 0.632. The van der Waals surface area contributed by atoms with E-state index < -0.39 is 0 Å². The van der Waals surface area contributed by atoms with E-state index >= 15 is 0 Å². The van der Waals surface area contributed by atoms with E-state index in [4.69, 9.17) is 4.74 Å². The minimum atomic E-state index is 0.632. The first kappa shape index (κ1) is 16.0. The molecule has 0 saturated carbocycles. The Morgan fingerprint density at radius 3 is 2.33 bits per heavy atom. The summed E-state index contributed by atoms with van der Waals surface area (Å²) < 4.78 is 5.76. The Morgan fingerprint density at radius 2 is 1.67 bits per heavy atom. The molecule has 1 atom stereocenters. The molecule has 108 valence electrons. The first-order chi connectivity index (χ1) is 8.93. The summed E-state index contributed by atoms with van der Waals surface area (Å²) in [5, 5.41) is 3.52. The predicted octanol–water partition coefficient (Wildman–Crippen LogP) is 4.29. The number of hydrogen-bond donors (Lipinski definition) is 1. The van der Waals surface area contributed by atoms with E-state index in [2.05, 4.69) is 12.2 Å². The maximum atomic E-state index is 5.76. The lowest BCUT2D eigenvalue weighted by Gasteiger charge is -2.23. The molecule has 1 aliphatic rings. The Balaban J connectivity index is 1.73. The highest BCUT2D eigenvalue weighted by atomic mass is 16.5. The molecule has 2 heteroatoms. The van der Waals surface area contributed by atoms with Gasteiger partial charge in [-0.05, 0) is 25.8 Å². The third kappa shape index (κ3) is 8.93. The highest BCUT2D eigenvalue weighted by Crippen LogP contribution is 2.09. The summed E-state index contributed by atoms with van der Waals surface area (Å²) in [5.41, 5.74) is 0. The molecule has 0 aromatic carbocycles. The van der Waals surface area contributed by atoms with Crippen molar-refractivity contribution in [2.45, 2.75) is 83.6 Å². The van der Waals surface area contributed by atoms with E-state index in [0.717, 1.165) is 13.2 Å². The van der Waals surface area contributed by atoms with Crippen LogP contribution in [0.3, 0.4) is 0 Å². The Hall–Kier alpha value is -0.0800. The van der Waals surface area contributed by atoms with Crippen LogP contribution in [0.25, 0.3) is 0 Å². The molecule has 0 radical (unpaired) electrons. The quantitative estimate of drug-likeness (QED) is 0.556. The highest BCUT2D eigenvalue weighted by Gasteiger charge is 2.11. The largest absolute Gasteiger partial charge is 0.380 e. The summed E-state index contributed by atoms with van der Waals surface area (Å²) in [5.74, 6) is 0. The third-order valence-electron chi connectivity index (χ3n) is 3.87. The third-order valence-corrected chi connectivity index (χ3v) is 3.87. The van der Waals surface area contributed by atoms with E-state index in [-0.39, 0.29) is 0 Å². The zero-order valence-corrected chi connectivity index (χ0v) is 12.4. The van der Waals surface area contributed by atoms with Gasteiger partial charge in [0.2, 0.25) is 0 Å². The molecule has 0 aromatic heterocycles. The van der Waals surface area contributed by atoms with Crippen LogP contribution in [0.2, 0.25) is 0 Å². The topological polar surface area (TPSA) is 21.3 Å². The van der Waals surface area contributed by atoms with Crippen molar-refractivity contribution < 1.29 is 4.74 Å². The van der Waals surface area contributed by atoms with Crippen molar-refractivity contribution in [2.75, 3.05) is 19.8 Å². The van der Waals surface area contributed by atoms with E-state index in [1.54, 1.807) is 0 Å². The molecule has 1 unspecified atom stereocenters. The molecule has 1 heterocycles. The summed E-state index contributed by atoms with van der Waals surface area (Å²) in [7, 11) is 0. The number of ether oxygens (including phenoxy) is 1. The fourth-order valence-corrected chi connectivity index (χ4v) is 2.63. The molecule has 0 aromatic rings. The van der Waals surface area contributed by atoms with Crippen LogP contribution in [0.15, 0.2) is 0 Å². The minimum absolute atomic E-state index is 0.632. The highest BCUT2D eigenvalue weighted by molar-refractivity contribution is 4.71. The number of unbranched alkanes of at least 4 members (excludes halogenated alkanes) is 7. The van der Waals surface area contributed by atoms with Gasteiger partial charge in [-0.2, -0.15) is 0 Å². The van der Waals surface area contributed by atoms with Gasteiger partial charge in [0, 0.05) is 12.6 Å². The molecule has 0 bridgehead atoms. The molecule has 0 amide bonds. The Morgan fingerprint density at radius 1 is 0.944 bits per heavy atom. The smallest absolute Gasteiger partial charge is 0.0619 e. The van der Waals surface area contributed by atoms with Gasteiger partial charge in [0.1, 0.15) is 0 Å². The number of rotatable bonds is 11. The molecule has 1 fully saturated rings. The molecule has 1 N–H and O–H groups in total. The first-order valence-corrected chi connectivity index (χ1v) is 8.24. The van der Waals surface area contributed by atoms with Crippen LogP contribution in [-0.4, -0.2) is 25.8 Å². The zero-order valence-electron chi connectivity index (χ0n) is 12.4. The van der Waals surface area contributed by atoms with Crippen molar-refractivity contribution in [3.8, 4) is 0 Å². The Bertz CT molecular complexity index is 166. The number of piperidine rings is 1. The van der Waals surface area contributed by atoms with Crippen LogP contribution in [0.4, 0.5) is 0 Å². The van der Waals surface area contributed by atoms with E-state index in [1.165, 1.54) is 77.2 Å². The van der Waals surface area contributed by atoms with Crippen molar-refractivity contribution in [3.05, 3.63) is 0 Å². The van der Waals surface area contributed by atoms with Crippen molar-refractivity contribution in [1.82, 2.24) is 5.32 Å². The van der Waals surface area contributed by atoms with Crippen LogP contribution in [0.1, 0.15) is 77.6 Å². The van der Waals surface area contributed by atoms with E-state index in [9.17, 15) is 0 Å². The monoisotopic (exact) mass is 255 g/mol. The average Bonchev–Trinajstić information content (AvgIpc) is 2.42. The second-order valence-electron chi connectivity index (χ2n) is 5.70. The average molecular weight is 255 g/mol. The van der Waals surface area contributed by atoms with Crippen LogP contribution >= 0.6 is 0 Å². The molecule has 2 nitrogen and oxygen atoms in total. The summed E-state index contributed by atoms with van der Waals surface area (Å²) in [6.07, 6.45) is 15.1. The van der Waals surface area contributed by atoms with Crippen molar-refractivity contribution in [3.63, 3.8) is 0 Å². The van der Waals surface area contributed by atoms with Gasteiger partial charge >= 0.3 is 0 Å². The second-order valence-corrected chi connectivity index (χ2v) is 5.70. The van der Waals surface area contributed by atoms with Gasteiger partial charge < -0.3 is 10.1 Å². The van der Waals surface area contributed by atoms with Gasteiger partial charge in [0.25, 0.3) is 0 Å². The van der Waals surface area contributed by atoms with Crippen LogP contribution in [-0.2, 0) is 4.74 Å². The van der Waals surface area contributed by atoms with Gasteiger partial charge in [0.05, 0.1) is 6.61 Å². The van der Waals surface area contributed by atoms with Gasteiger partial charge in [-0.15, -0.1) is 0 Å². The van der Waals surface area contributed by atoms with Crippen LogP contribution in [0.5, 0.6) is 0 Å². The van der Waals surface area contributed by atoms with Gasteiger partial charge in [-0.25, -0.2) is 0 Å². The lowest BCUT2D eigenvalue weighted by molar-refractivity contribution is 0.0997. The predicted molar refractivity (Wildman–Crippen MR) is 79.1 cm³/mol. The van der Waals surface area contributed by atoms with E-state index in [0.29, 0.717) is 6.04 Å². The molecule has 0 aliphatic carbocycles. The van der Waals surface area contributed by atoms with Crippen molar-refractivity contribution in [1.29, 1.82) is 0 Å². The summed E-state index contributed by atoms with van der Waals surface area (Å²) >= 11 is 0. The van der Waals surface area contributed by atoms with Crippen molar-refractivity contribution >= 4 is 0 Å². The zero-order chi connectivity index (χ0) is 12.9. The van der Waals surface area contributed by atoms with Gasteiger partial charge in [-0.3, -0.25) is 0 Å². The molecule has 0 spiro atoms. The van der Waals surface area contributed by atoms with Crippen LogP contribution < -0.4 is 5.32 Å². The SMILES string of the molecule is CCCCCCCCCCOCC1CCCCN1. The lowest BCUT2D eigenvalue weighted by atomic mass is 10.1. The first-order valence-electron chi connectivity index (χ1n) is 8.24. The molecule has 18 heavy (non-hydrogen) atoms. The van der Waals surface area contributed by atoms with Crippen LogP contribution in [0, 0.1) is 0 Å². The maximum absolute atomic E-state index is 5.76. The standard InChI is InChI=1S/C16H33NO/c1-2-3-4-5-6-7-8-11-14-18-15-16-12-9-10-13-17-16/h16-17H,2-15H2,1H3. The Labute approximate surface area is 114 Å². The number of hydrogen-bond acceptors (Lipinski definition) is 2. The fourth-order valence-electron chi connectivity index (χ4n) is 2.63. The fraction of sp³-hybridized carbons (Fsp3) is 1.00.